The quantitative estimate of drug-likeness (QED) is 0.194. The number of imidazole rings is 1. The highest BCUT2D eigenvalue weighted by molar-refractivity contribution is 5.81. The molecule has 4 rings (SSSR count). The van der Waals surface area contributed by atoms with Crippen molar-refractivity contribution in [3.63, 3.8) is 0 Å². The van der Waals surface area contributed by atoms with Gasteiger partial charge in [-0.25, -0.2) is 9.78 Å². The number of benzene rings is 3. The molecule has 6 nitrogen and oxygen atoms in total. The van der Waals surface area contributed by atoms with E-state index in [-0.39, 0.29) is 12.4 Å². The average Bonchev–Trinajstić information content (AvgIpc) is 3.25. The van der Waals surface area contributed by atoms with Gasteiger partial charge in [-0.2, -0.15) is 0 Å². The summed E-state index contributed by atoms with van der Waals surface area (Å²) in [6, 6.07) is 20.6. The number of carbonyl (C=O) groups is 1. The van der Waals surface area contributed by atoms with Gasteiger partial charge in [-0.05, 0) is 62.2 Å². The van der Waals surface area contributed by atoms with Crippen molar-refractivity contribution in [1.29, 1.82) is 0 Å². The molecule has 0 N–H and O–H groups in total. The lowest BCUT2D eigenvalue weighted by molar-refractivity contribution is -0.274. The Balaban J connectivity index is 1.69. The molecule has 38 heavy (non-hydrogen) atoms. The first-order valence-electron chi connectivity index (χ1n) is 12.5. The van der Waals surface area contributed by atoms with Crippen LogP contribution in [0.15, 0.2) is 72.8 Å². The Kier molecular flexibility index (Phi) is 8.55. The number of fused-ring (bicyclic) bond motifs is 1. The molecule has 0 aliphatic heterocycles. The van der Waals surface area contributed by atoms with Gasteiger partial charge in [0.2, 0.25) is 0 Å². The molecule has 0 saturated carbocycles. The number of aromatic nitrogens is 2. The molecule has 1 atom stereocenters. The summed E-state index contributed by atoms with van der Waals surface area (Å²) < 4.78 is 55.3. The van der Waals surface area contributed by atoms with Crippen LogP contribution >= 0.6 is 0 Å². The van der Waals surface area contributed by atoms with Crippen LogP contribution in [0.2, 0.25) is 0 Å². The zero-order chi connectivity index (χ0) is 27.1. The van der Waals surface area contributed by atoms with E-state index in [0.717, 1.165) is 29.4 Å². The molecule has 0 fully saturated rings. The summed E-state index contributed by atoms with van der Waals surface area (Å²) in [5, 5.41) is 0. The fourth-order valence-corrected chi connectivity index (χ4v) is 4.18. The summed E-state index contributed by atoms with van der Waals surface area (Å²) in [6.45, 7) is 4.43. The maximum Gasteiger partial charge on any atom is 0.573 e. The van der Waals surface area contributed by atoms with Crippen molar-refractivity contribution in [2.24, 2.45) is 0 Å². The van der Waals surface area contributed by atoms with Gasteiger partial charge in [-0.15, -0.1) is 13.2 Å². The highest BCUT2D eigenvalue weighted by Crippen LogP contribution is 2.31. The van der Waals surface area contributed by atoms with E-state index in [4.69, 9.17) is 14.5 Å². The van der Waals surface area contributed by atoms with E-state index < -0.39 is 18.4 Å². The second-order valence-electron chi connectivity index (χ2n) is 8.69. The molecule has 3 aromatic carbocycles. The van der Waals surface area contributed by atoms with E-state index >= 15 is 0 Å². The van der Waals surface area contributed by atoms with Crippen molar-refractivity contribution >= 4 is 17.0 Å². The first-order valence-corrected chi connectivity index (χ1v) is 12.5. The van der Waals surface area contributed by atoms with E-state index in [1.165, 1.54) is 12.1 Å². The van der Waals surface area contributed by atoms with Crippen LogP contribution in [0.4, 0.5) is 13.2 Å². The third-order valence-corrected chi connectivity index (χ3v) is 5.94. The van der Waals surface area contributed by atoms with Crippen LogP contribution in [0, 0.1) is 0 Å². The van der Waals surface area contributed by atoms with Crippen molar-refractivity contribution in [3.05, 3.63) is 78.4 Å². The van der Waals surface area contributed by atoms with Gasteiger partial charge < -0.3 is 18.8 Å². The number of hydrogen-bond donors (Lipinski definition) is 0. The molecule has 1 aromatic heterocycles. The molecule has 0 bridgehead atoms. The molecule has 0 radical (unpaired) electrons. The van der Waals surface area contributed by atoms with Crippen molar-refractivity contribution < 1.29 is 32.2 Å². The Hall–Kier alpha value is -4.01. The second-order valence-corrected chi connectivity index (χ2v) is 8.69. The summed E-state index contributed by atoms with van der Waals surface area (Å²) >= 11 is 0. The fraction of sp³-hybridized carbons (Fsp3) is 0.310. The van der Waals surface area contributed by atoms with E-state index in [0.29, 0.717) is 30.1 Å². The van der Waals surface area contributed by atoms with Crippen LogP contribution in [0.3, 0.4) is 0 Å². The SMILES string of the molecule is CCCCC(Oc1ccccc1Cn1c(-c2ccc(OC(F)(F)F)cc2)nc2ccccc21)C(=O)OCC. The normalized spacial score (nSPS) is 12.3. The first kappa shape index (κ1) is 27.0. The van der Waals surface area contributed by atoms with E-state index in [2.05, 4.69) is 4.74 Å². The van der Waals surface area contributed by atoms with Gasteiger partial charge in [0.25, 0.3) is 0 Å². The van der Waals surface area contributed by atoms with Gasteiger partial charge in [0.15, 0.2) is 6.10 Å². The fourth-order valence-electron chi connectivity index (χ4n) is 4.18. The van der Waals surface area contributed by atoms with Gasteiger partial charge in [0.1, 0.15) is 17.3 Å². The number of nitrogens with zero attached hydrogens (tertiary/aromatic N) is 2. The molecule has 1 heterocycles. The molecule has 0 saturated heterocycles. The van der Waals surface area contributed by atoms with E-state index in [1.54, 1.807) is 19.1 Å². The van der Waals surface area contributed by atoms with Crippen molar-refractivity contribution in [2.45, 2.75) is 52.1 Å². The number of rotatable bonds is 11. The van der Waals surface area contributed by atoms with Crippen LogP contribution in [0.25, 0.3) is 22.4 Å². The van der Waals surface area contributed by atoms with Gasteiger partial charge in [0, 0.05) is 11.1 Å². The Morgan fingerprint density at radius 3 is 2.39 bits per heavy atom. The smallest absolute Gasteiger partial charge is 0.478 e. The molecule has 4 aromatic rings. The zero-order valence-electron chi connectivity index (χ0n) is 21.2. The van der Waals surface area contributed by atoms with E-state index in [1.807, 2.05) is 60.0 Å². The summed E-state index contributed by atoms with van der Waals surface area (Å²) in [6.07, 6.45) is -3.23. The molecule has 0 aliphatic carbocycles. The first-order chi connectivity index (χ1) is 18.3. The summed E-state index contributed by atoms with van der Waals surface area (Å²) in [5.41, 5.74) is 3.03. The number of carbonyl (C=O) groups excluding carboxylic acids is 1. The lowest BCUT2D eigenvalue weighted by atomic mass is 10.1. The molecule has 1 unspecified atom stereocenters. The lowest BCUT2D eigenvalue weighted by Gasteiger charge is -2.20. The second kappa shape index (κ2) is 12.0. The molecule has 0 amide bonds. The predicted octanol–water partition coefficient (Wildman–Crippen LogP) is 7.15. The number of esters is 1. The molecule has 200 valence electrons. The third kappa shape index (κ3) is 6.65. The number of unbranched alkanes of at least 4 members (excludes halogenated alkanes) is 1. The van der Waals surface area contributed by atoms with Crippen LogP contribution in [-0.2, 0) is 16.1 Å². The Morgan fingerprint density at radius 1 is 0.974 bits per heavy atom. The Morgan fingerprint density at radius 2 is 1.68 bits per heavy atom. The minimum atomic E-state index is -4.77. The highest BCUT2D eigenvalue weighted by atomic mass is 19.4. The van der Waals surface area contributed by atoms with E-state index in [9.17, 15) is 18.0 Å². The summed E-state index contributed by atoms with van der Waals surface area (Å²) in [4.78, 5) is 17.3. The number of alkyl halides is 3. The number of para-hydroxylation sites is 3. The van der Waals surface area contributed by atoms with Gasteiger partial charge >= 0.3 is 12.3 Å². The van der Waals surface area contributed by atoms with Crippen molar-refractivity contribution in [1.82, 2.24) is 9.55 Å². The standard InChI is InChI=1S/C29H29F3N2O4/c1-3-5-13-26(28(35)36-4-2)37-25-14-9-6-10-21(25)19-34-24-12-8-7-11-23(24)33-27(34)20-15-17-22(18-16-20)38-29(30,31)32/h6-12,14-18,26H,3-5,13,19H2,1-2H3. The molecular weight excluding hydrogens is 497 g/mol. The van der Waals surface area contributed by atoms with Gasteiger partial charge in [-0.3, -0.25) is 0 Å². The highest BCUT2D eigenvalue weighted by Gasteiger charge is 2.31. The van der Waals surface area contributed by atoms with Crippen LogP contribution < -0.4 is 9.47 Å². The molecule has 9 heteroatoms. The Bertz CT molecular complexity index is 1370. The molecule has 0 spiro atoms. The maximum absolute atomic E-state index is 12.6. The number of ether oxygens (including phenoxy) is 3. The maximum atomic E-state index is 12.6. The molecular formula is C29H29F3N2O4. The molecule has 0 aliphatic rings. The van der Waals surface area contributed by atoms with Gasteiger partial charge in [0.05, 0.1) is 24.2 Å². The largest absolute Gasteiger partial charge is 0.573 e. The van der Waals surface area contributed by atoms with Crippen molar-refractivity contribution in [2.75, 3.05) is 6.61 Å². The minimum Gasteiger partial charge on any atom is -0.478 e. The topological polar surface area (TPSA) is 62.6 Å². The monoisotopic (exact) mass is 526 g/mol. The van der Waals surface area contributed by atoms with Crippen LogP contribution in [-0.4, -0.2) is 34.6 Å². The average molecular weight is 527 g/mol. The minimum absolute atomic E-state index is 0.268. The van der Waals surface area contributed by atoms with Gasteiger partial charge in [-0.1, -0.05) is 43.7 Å². The van der Waals surface area contributed by atoms with Crippen molar-refractivity contribution in [3.8, 4) is 22.9 Å². The zero-order valence-corrected chi connectivity index (χ0v) is 21.2. The lowest BCUT2D eigenvalue weighted by Crippen LogP contribution is -2.30. The Labute approximate surface area is 219 Å². The number of halogens is 3. The third-order valence-electron chi connectivity index (χ3n) is 5.94. The summed E-state index contributed by atoms with van der Waals surface area (Å²) in [7, 11) is 0. The van der Waals surface area contributed by atoms with Crippen LogP contribution in [0.5, 0.6) is 11.5 Å². The number of hydrogen-bond acceptors (Lipinski definition) is 5. The summed E-state index contributed by atoms with van der Waals surface area (Å²) in [5.74, 6) is 0.428. The van der Waals surface area contributed by atoms with Crippen LogP contribution in [0.1, 0.15) is 38.7 Å². The predicted molar refractivity (Wildman–Crippen MR) is 138 cm³/mol.